The Morgan fingerprint density at radius 1 is 1.13 bits per heavy atom. The van der Waals surface area contributed by atoms with E-state index in [0.717, 1.165) is 30.0 Å². The Morgan fingerprint density at radius 2 is 1.95 bits per heavy atom. The van der Waals surface area contributed by atoms with E-state index in [1.165, 1.54) is 12.8 Å². The van der Waals surface area contributed by atoms with Crippen LogP contribution in [0.25, 0.3) is 0 Å². The average molecular weight is 571 g/mol. The van der Waals surface area contributed by atoms with E-state index in [0.29, 0.717) is 48.2 Å². The van der Waals surface area contributed by atoms with Gasteiger partial charge in [0.2, 0.25) is 0 Å². The quantitative estimate of drug-likeness (QED) is 0.333. The second-order valence-electron chi connectivity index (χ2n) is 10.0. The summed E-state index contributed by atoms with van der Waals surface area (Å²) in [5.41, 5.74) is 2.35. The Balaban J connectivity index is 1.23. The van der Waals surface area contributed by atoms with Gasteiger partial charge in [-0.2, -0.15) is 0 Å². The Bertz CT molecular complexity index is 1260. The van der Waals surface area contributed by atoms with Crippen molar-refractivity contribution < 1.29 is 9.59 Å². The number of fused-ring (bicyclic) bond motifs is 1. The zero-order valence-electron chi connectivity index (χ0n) is 21.6. The van der Waals surface area contributed by atoms with E-state index in [2.05, 4.69) is 32.2 Å². The molecule has 3 aliphatic rings. The number of piperidine rings is 1. The molecule has 5 N–H and O–H groups in total. The third-order valence-corrected chi connectivity index (χ3v) is 7.96. The second kappa shape index (κ2) is 12.3. The van der Waals surface area contributed by atoms with Crippen LogP contribution in [-0.2, 0) is 11.2 Å². The number of anilines is 1. The largest absolute Gasteiger partial charge is 0.354 e. The van der Waals surface area contributed by atoms with E-state index in [1.54, 1.807) is 24.3 Å². The highest BCUT2D eigenvalue weighted by Crippen LogP contribution is 2.23. The molecule has 9 nitrogen and oxygen atoms in total. The molecule has 0 aliphatic carbocycles. The topological polar surface area (TPSA) is 113 Å². The smallest absolute Gasteiger partial charge is 0.251 e. The molecule has 39 heavy (non-hydrogen) atoms. The lowest BCUT2D eigenvalue weighted by atomic mass is 10.0. The number of hydrogen-bond donors (Lipinski definition) is 5. The SMILES string of the molecule is N=C1NC(=O)C2CN(C(=CC3CCCCN3)Nc3ccc(C(=O)NCCc4ccc(Cl)cc4Cl)cc3)CCN12. The van der Waals surface area contributed by atoms with Gasteiger partial charge >= 0.3 is 0 Å². The van der Waals surface area contributed by atoms with Gasteiger partial charge in [-0.05, 0) is 73.8 Å². The summed E-state index contributed by atoms with van der Waals surface area (Å²) in [6.45, 7) is 3.23. The molecule has 5 rings (SSSR count). The molecule has 3 fully saturated rings. The van der Waals surface area contributed by atoms with Crippen molar-refractivity contribution in [3.8, 4) is 0 Å². The summed E-state index contributed by atoms with van der Waals surface area (Å²) in [4.78, 5) is 29.1. The third-order valence-electron chi connectivity index (χ3n) is 7.37. The lowest BCUT2D eigenvalue weighted by molar-refractivity contribution is -0.122. The van der Waals surface area contributed by atoms with Gasteiger partial charge in [-0.25, -0.2) is 0 Å². The summed E-state index contributed by atoms with van der Waals surface area (Å²) in [6, 6.07) is 12.6. The lowest BCUT2D eigenvalue weighted by Crippen LogP contribution is -2.53. The Hall–Kier alpha value is -3.27. The van der Waals surface area contributed by atoms with Crippen LogP contribution in [0.3, 0.4) is 0 Å². The monoisotopic (exact) mass is 569 g/mol. The molecule has 2 aromatic rings. The summed E-state index contributed by atoms with van der Waals surface area (Å²) < 4.78 is 0. The molecule has 2 atom stereocenters. The van der Waals surface area contributed by atoms with Crippen molar-refractivity contribution in [2.24, 2.45) is 0 Å². The standard InChI is InChI=1S/C28H33Cl2N7O2/c29-20-7-4-18(23(30)15-20)10-12-33-26(38)19-5-8-21(9-6-19)34-25(16-22-3-1-2-11-32-22)36-13-14-37-24(17-36)27(39)35-28(37)31/h4-9,15-16,22,24,32,34H,1-3,10-14,17H2,(H,33,38)(H2,31,35,39). The number of benzene rings is 2. The van der Waals surface area contributed by atoms with Crippen LogP contribution < -0.4 is 21.3 Å². The molecule has 0 radical (unpaired) electrons. The molecule has 3 aliphatic heterocycles. The number of carbonyl (C=O) groups excluding carboxylic acids is 2. The zero-order chi connectivity index (χ0) is 27.4. The highest BCUT2D eigenvalue weighted by atomic mass is 35.5. The van der Waals surface area contributed by atoms with Crippen molar-refractivity contribution in [1.29, 1.82) is 5.41 Å². The molecule has 2 amide bonds. The number of guanidine groups is 1. The van der Waals surface area contributed by atoms with Crippen molar-refractivity contribution in [1.82, 2.24) is 25.8 Å². The van der Waals surface area contributed by atoms with Crippen LogP contribution >= 0.6 is 23.2 Å². The van der Waals surface area contributed by atoms with Crippen LogP contribution in [-0.4, -0.2) is 72.4 Å². The van der Waals surface area contributed by atoms with E-state index in [1.807, 2.05) is 23.1 Å². The first-order chi connectivity index (χ1) is 18.9. The predicted octanol–water partition coefficient (Wildman–Crippen LogP) is 3.41. The molecular formula is C28H33Cl2N7O2. The van der Waals surface area contributed by atoms with E-state index in [-0.39, 0.29) is 29.9 Å². The van der Waals surface area contributed by atoms with E-state index >= 15 is 0 Å². The first-order valence-electron chi connectivity index (χ1n) is 13.3. The molecule has 2 unspecified atom stereocenters. The summed E-state index contributed by atoms with van der Waals surface area (Å²) in [7, 11) is 0. The lowest BCUT2D eigenvalue weighted by Gasteiger charge is -2.39. The van der Waals surface area contributed by atoms with Crippen LogP contribution in [0.2, 0.25) is 10.0 Å². The molecule has 3 saturated heterocycles. The average Bonchev–Trinajstić information content (AvgIpc) is 3.23. The number of amides is 2. The minimum Gasteiger partial charge on any atom is -0.354 e. The number of carbonyl (C=O) groups is 2. The minimum absolute atomic E-state index is 0.131. The van der Waals surface area contributed by atoms with Crippen LogP contribution in [0.1, 0.15) is 35.2 Å². The number of halogens is 2. The van der Waals surface area contributed by atoms with E-state index in [9.17, 15) is 9.59 Å². The van der Waals surface area contributed by atoms with Gasteiger partial charge in [-0.3, -0.25) is 20.3 Å². The van der Waals surface area contributed by atoms with Gasteiger partial charge in [0.25, 0.3) is 11.8 Å². The molecule has 0 spiro atoms. The van der Waals surface area contributed by atoms with E-state index < -0.39 is 0 Å². The fraction of sp³-hybridized carbons (Fsp3) is 0.393. The summed E-state index contributed by atoms with van der Waals surface area (Å²) in [5.74, 6) is 0.827. The maximum atomic E-state index is 12.7. The highest BCUT2D eigenvalue weighted by Gasteiger charge is 2.40. The summed E-state index contributed by atoms with van der Waals surface area (Å²) in [6.07, 6.45) is 6.21. The molecule has 2 aromatic carbocycles. The Morgan fingerprint density at radius 3 is 2.69 bits per heavy atom. The van der Waals surface area contributed by atoms with Crippen LogP contribution in [0.15, 0.2) is 54.4 Å². The maximum absolute atomic E-state index is 12.7. The maximum Gasteiger partial charge on any atom is 0.251 e. The second-order valence-corrected chi connectivity index (χ2v) is 10.9. The fourth-order valence-electron chi connectivity index (χ4n) is 5.19. The van der Waals surface area contributed by atoms with Crippen molar-refractivity contribution in [2.45, 2.75) is 37.8 Å². The van der Waals surface area contributed by atoms with Gasteiger partial charge in [-0.1, -0.05) is 35.7 Å². The molecule has 3 heterocycles. The predicted molar refractivity (Wildman–Crippen MR) is 154 cm³/mol. The van der Waals surface area contributed by atoms with Gasteiger partial charge in [0.05, 0.1) is 0 Å². The van der Waals surface area contributed by atoms with Crippen molar-refractivity contribution >= 4 is 46.7 Å². The third kappa shape index (κ3) is 6.66. The van der Waals surface area contributed by atoms with Crippen LogP contribution in [0.4, 0.5) is 5.69 Å². The fourth-order valence-corrected chi connectivity index (χ4v) is 5.70. The molecular weight excluding hydrogens is 537 g/mol. The van der Waals surface area contributed by atoms with Gasteiger partial charge in [0.1, 0.15) is 11.9 Å². The van der Waals surface area contributed by atoms with Crippen LogP contribution in [0.5, 0.6) is 0 Å². The highest BCUT2D eigenvalue weighted by molar-refractivity contribution is 6.35. The summed E-state index contributed by atoms with van der Waals surface area (Å²) in [5, 5.41) is 21.9. The molecule has 0 bridgehead atoms. The molecule has 11 heteroatoms. The Kier molecular flexibility index (Phi) is 8.60. The number of piperazine rings is 1. The minimum atomic E-state index is -0.371. The molecule has 206 valence electrons. The van der Waals surface area contributed by atoms with Gasteiger partial charge < -0.3 is 25.8 Å². The molecule has 0 aromatic heterocycles. The van der Waals surface area contributed by atoms with E-state index in [4.69, 9.17) is 28.6 Å². The van der Waals surface area contributed by atoms with Gasteiger partial charge in [0, 0.05) is 53.5 Å². The Labute approximate surface area is 238 Å². The first kappa shape index (κ1) is 27.3. The first-order valence-corrected chi connectivity index (χ1v) is 14.1. The number of hydrogen-bond acceptors (Lipinski definition) is 6. The number of nitrogens with zero attached hydrogens (tertiary/aromatic N) is 2. The zero-order valence-corrected chi connectivity index (χ0v) is 23.1. The normalized spacial score (nSPS) is 21.4. The molecule has 0 saturated carbocycles. The summed E-state index contributed by atoms with van der Waals surface area (Å²) >= 11 is 12.2. The van der Waals surface area contributed by atoms with Crippen LogP contribution in [0, 0.1) is 5.41 Å². The van der Waals surface area contributed by atoms with Crippen molar-refractivity contribution in [3.05, 3.63) is 75.5 Å². The number of rotatable bonds is 8. The van der Waals surface area contributed by atoms with Gasteiger partial charge in [0.15, 0.2) is 5.96 Å². The van der Waals surface area contributed by atoms with Crippen molar-refractivity contribution in [3.63, 3.8) is 0 Å². The number of nitrogens with one attached hydrogen (secondary N) is 5. The van der Waals surface area contributed by atoms with Gasteiger partial charge in [-0.15, -0.1) is 0 Å². The van der Waals surface area contributed by atoms with Crippen molar-refractivity contribution in [2.75, 3.05) is 38.0 Å².